The fourth-order valence-corrected chi connectivity index (χ4v) is 5.40. The predicted molar refractivity (Wildman–Crippen MR) is 78.4 cm³/mol. The minimum atomic E-state index is -0.488. The van der Waals surface area contributed by atoms with Crippen molar-refractivity contribution < 1.29 is 14.7 Å². The predicted octanol–water partition coefficient (Wildman–Crippen LogP) is 1.05. The number of likely N-dealkylation sites (tertiary alicyclic amines) is 1. The minimum absolute atomic E-state index is 0.129. The van der Waals surface area contributed by atoms with Gasteiger partial charge >= 0.3 is 0 Å². The van der Waals surface area contributed by atoms with E-state index >= 15 is 0 Å². The zero-order valence-electron chi connectivity index (χ0n) is 13.2. The van der Waals surface area contributed by atoms with Gasteiger partial charge in [0.05, 0.1) is 6.61 Å². The molecule has 118 valence electrons. The highest BCUT2D eigenvalue weighted by atomic mass is 16.3. The lowest BCUT2D eigenvalue weighted by molar-refractivity contribution is -0.164. The van der Waals surface area contributed by atoms with Crippen LogP contribution in [0.5, 0.6) is 0 Å². The Labute approximate surface area is 126 Å². The molecule has 2 N–H and O–H groups in total. The molecule has 1 aliphatic carbocycles. The smallest absolute Gasteiger partial charge is 0.232 e. The Morgan fingerprint density at radius 3 is 2.24 bits per heavy atom. The van der Waals surface area contributed by atoms with Gasteiger partial charge in [-0.15, -0.1) is 0 Å². The van der Waals surface area contributed by atoms with Crippen LogP contribution in [-0.2, 0) is 9.59 Å². The summed E-state index contributed by atoms with van der Waals surface area (Å²) in [5, 5.41) is 12.2. The van der Waals surface area contributed by atoms with Crippen LogP contribution in [0, 0.1) is 10.8 Å². The molecule has 1 saturated carbocycles. The zero-order chi connectivity index (χ0) is 15.5. The quantitative estimate of drug-likeness (QED) is 0.747. The molecule has 0 aromatic heterocycles. The second-order valence-corrected chi connectivity index (χ2v) is 8.10. The van der Waals surface area contributed by atoms with Crippen molar-refractivity contribution in [1.29, 1.82) is 0 Å². The first-order valence-corrected chi connectivity index (χ1v) is 7.96. The highest BCUT2D eigenvalue weighted by Crippen LogP contribution is 2.55. The number of aliphatic hydroxyl groups is 1. The number of piperidine rings is 1. The Kier molecular flexibility index (Phi) is 3.23. The first kappa shape index (κ1) is 15.0. The number of hydrogen-bond donors (Lipinski definition) is 2. The molecule has 5 nitrogen and oxygen atoms in total. The number of carbonyl (C=O) groups excluding carboxylic acids is 2. The summed E-state index contributed by atoms with van der Waals surface area (Å²) in [7, 11) is 0. The van der Waals surface area contributed by atoms with Crippen molar-refractivity contribution in [3.05, 3.63) is 0 Å². The lowest BCUT2D eigenvalue weighted by atomic mass is 9.54. The summed E-state index contributed by atoms with van der Waals surface area (Å²) in [5.41, 5.74) is -1.17. The van der Waals surface area contributed by atoms with Crippen molar-refractivity contribution in [2.45, 2.75) is 64.5 Å². The summed E-state index contributed by atoms with van der Waals surface area (Å²) in [5.74, 6) is -0.258. The van der Waals surface area contributed by atoms with E-state index < -0.39 is 10.8 Å². The maximum absolute atomic E-state index is 12.3. The monoisotopic (exact) mass is 294 g/mol. The van der Waals surface area contributed by atoms with Crippen LogP contribution in [0.3, 0.4) is 0 Å². The number of fused-ring (bicyclic) bond motifs is 2. The molecule has 2 saturated heterocycles. The summed E-state index contributed by atoms with van der Waals surface area (Å²) >= 11 is 0. The van der Waals surface area contributed by atoms with Gasteiger partial charge in [0.1, 0.15) is 0 Å². The Hall–Kier alpha value is -0.940. The maximum atomic E-state index is 12.3. The zero-order valence-corrected chi connectivity index (χ0v) is 13.2. The van der Waals surface area contributed by atoms with E-state index in [1.807, 2.05) is 13.8 Å². The third-order valence-electron chi connectivity index (χ3n) is 5.93. The molecule has 0 aromatic carbocycles. The lowest BCUT2D eigenvalue weighted by Gasteiger charge is -2.57. The molecule has 2 amide bonds. The van der Waals surface area contributed by atoms with Gasteiger partial charge in [-0.25, -0.2) is 0 Å². The number of imide groups is 1. The first-order valence-electron chi connectivity index (χ1n) is 7.96. The molecule has 21 heavy (non-hydrogen) atoms. The Bertz CT molecular complexity index is 464. The number of rotatable bonds is 2. The highest BCUT2D eigenvalue weighted by Gasteiger charge is 2.60. The fourth-order valence-electron chi connectivity index (χ4n) is 5.40. The molecule has 4 atom stereocenters. The molecule has 3 fully saturated rings. The standard InChI is InChI=1S/C16H26N2O3/c1-14-8-15(2,13(21)17-12(14)20)10-16(3,9-14)18-6-4-5-11(18)7-19/h11,19H,4-10H2,1-3H3,(H,17,20,21)/t11-,14-,15+,16?/m0/s1. The molecule has 2 bridgehead atoms. The molecule has 0 radical (unpaired) electrons. The van der Waals surface area contributed by atoms with Gasteiger partial charge in [0.25, 0.3) is 0 Å². The number of aliphatic hydroxyl groups excluding tert-OH is 1. The second kappa shape index (κ2) is 4.53. The van der Waals surface area contributed by atoms with E-state index in [2.05, 4.69) is 17.1 Å². The van der Waals surface area contributed by atoms with Gasteiger partial charge in [-0.1, -0.05) is 13.8 Å². The van der Waals surface area contributed by atoms with Crippen molar-refractivity contribution in [3.63, 3.8) is 0 Å². The minimum Gasteiger partial charge on any atom is -0.395 e. The normalized spacial score (nSPS) is 47.5. The van der Waals surface area contributed by atoms with Crippen LogP contribution in [0.4, 0.5) is 0 Å². The van der Waals surface area contributed by atoms with Crippen molar-refractivity contribution in [2.24, 2.45) is 10.8 Å². The summed E-state index contributed by atoms with van der Waals surface area (Å²) in [6, 6.07) is 0.166. The van der Waals surface area contributed by atoms with Gasteiger partial charge in [0.15, 0.2) is 0 Å². The third-order valence-corrected chi connectivity index (χ3v) is 5.93. The van der Waals surface area contributed by atoms with Gasteiger partial charge < -0.3 is 5.11 Å². The van der Waals surface area contributed by atoms with Crippen molar-refractivity contribution in [3.8, 4) is 0 Å². The third kappa shape index (κ3) is 2.13. The molecule has 2 aliphatic heterocycles. The van der Waals surface area contributed by atoms with Gasteiger partial charge in [0, 0.05) is 22.4 Å². The molecule has 1 unspecified atom stereocenters. The van der Waals surface area contributed by atoms with Gasteiger partial charge in [-0.05, 0) is 45.6 Å². The van der Waals surface area contributed by atoms with E-state index in [4.69, 9.17) is 0 Å². The van der Waals surface area contributed by atoms with Crippen LogP contribution in [0.2, 0.25) is 0 Å². The topological polar surface area (TPSA) is 69.6 Å². The van der Waals surface area contributed by atoms with Gasteiger partial charge in [-0.3, -0.25) is 19.8 Å². The van der Waals surface area contributed by atoms with Crippen LogP contribution in [0.1, 0.15) is 52.9 Å². The summed E-state index contributed by atoms with van der Waals surface area (Å²) < 4.78 is 0. The molecular formula is C16H26N2O3. The average molecular weight is 294 g/mol. The number of hydrogen-bond acceptors (Lipinski definition) is 4. The van der Waals surface area contributed by atoms with E-state index in [1.165, 1.54) is 0 Å². The maximum Gasteiger partial charge on any atom is 0.232 e. The van der Waals surface area contributed by atoms with Crippen LogP contribution in [-0.4, -0.2) is 46.6 Å². The molecule has 5 heteroatoms. The van der Waals surface area contributed by atoms with E-state index in [0.717, 1.165) is 32.2 Å². The molecule has 2 heterocycles. The van der Waals surface area contributed by atoms with Gasteiger partial charge in [-0.2, -0.15) is 0 Å². The highest BCUT2D eigenvalue weighted by molar-refractivity contribution is 6.03. The van der Waals surface area contributed by atoms with Crippen molar-refractivity contribution in [1.82, 2.24) is 10.2 Å². The van der Waals surface area contributed by atoms with E-state index in [9.17, 15) is 14.7 Å². The average Bonchev–Trinajstić information content (AvgIpc) is 2.84. The second-order valence-electron chi connectivity index (χ2n) is 8.10. The molecule has 0 aromatic rings. The van der Waals surface area contributed by atoms with Crippen LogP contribution in [0.25, 0.3) is 0 Å². The number of nitrogens with zero attached hydrogens (tertiary/aromatic N) is 1. The number of carbonyl (C=O) groups is 2. The number of nitrogens with one attached hydrogen (secondary N) is 1. The first-order chi connectivity index (χ1) is 9.72. The Balaban J connectivity index is 1.97. The van der Waals surface area contributed by atoms with E-state index in [-0.39, 0.29) is 30.0 Å². The van der Waals surface area contributed by atoms with Crippen molar-refractivity contribution in [2.75, 3.05) is 13.2 Å². The van der Waals surface area contributed by atoms with Crippen LogP contribution >= 0.6 is 0 Å². The van der Waals surface area contributed by atoms with Gasteiger partial charge in [0.2, 0.25) is 11.8 Å². The molecule has 3 rings (SSSR count). The summed E-state index contributed by atoms with van der Waals surface area (Å²) in [6.07, 6.45) is 4.22. The van der Waals surface area contributed by atoms with E-state index in [1.54, 1.807) is 0 Å². The SMILES string of the molecule is CC1(N2CCC[C@H]2CO)C[C@@]2(C)C[C@@](C)(C1)C(=O)NC2=O. The summed E-state index contributed by atoms with van der Waals surface area (Å²) in [6.45, 7) is 7.23. The lowest BCUT2D eigenvalue weighted by Crippen LogP contribution is -2.67. The van der Waals surface area contributed by atoms with Crippen molar-refractivity contribution >= 4 is 11.8 Å². The fraction of sp³-hybridized carbons (Fsp3) is 0.875. The molecule has 3 aliphatic rings. The molecule has 0 spiro atoms. The Morgan fingerprint density at radius 2 is 1.71 bits per heavy atom. The Morgan fingerprint density at radius 1 is 1.14 bits per heavy atom. The van der Waals surface area contributed by atoms with Crippen LogP contribution < -0.4 is 5.32 Å². The largest absolute Gasteiger partial charge is 0.395 e. The summed E-state index contributed by atoms with van der Waals surface area (Å²) in [4.78, 5) is 27.0. The van der Waals surface area contributed by atoms with Crippen LogP contribution in [0.15, 0.2) is 0 Å². The number of amides is 2. The van der Waals surface area contributed by atoms with E-state index in [0.29, 0.717) is 6.42 Å². The molecular weight excluding hydrogens is 268 g/mol.